The van der Waals surface area contributed by atoms with Crippen LogP contribution in [0.5, 0.6) is 0 Å². The van der Waals surface area contributed by atoms with Gasteiger partial charge in [0.25, 0.3) is 5.91 Å². The van der Waals surface area contributed by atoms with Crippen molar-refractivity contribution in [2.24, 2.45) is 23.7 Å². The molecule has 0 aromatic rings. The molecule has 5 rings (SSSR count). The highest BCUT2D eigenvalue weighted by Crippen LogP contribution is 2.55. The Bertz CT molecular complexity index is 729. The molecule has 1 unspecified atom stereocenters. The molecule has 4 saturated carbocycles. The first-order valence-electron chi connectivity index (χ1n) is 11.3. The van der Waals surface area contributed by atoms with Gasteiger partial charge >= 0.3 is 12.1 Å². The zero-order chi connectivity index (χ0) is 21.7. The Labute approximate surface area is 177 Å². The van der Waals surface area contributed by atoms with Gasteiger partial charge in [0.2, 0.25) is 5.91 Å². The summed E-state index contributed by atoms with van der Waals surface area (Å²) in [5.74, 6) is 1.39. The Morgan fingerprint density at radius 2 is 1.67 bits per heavy atom. The van der Waals surface area contributed by atoms with Crippen LogP contribution in [-0.2, 0) is 9.59 Å². The highest BCUT2D eigenvalue weighted by Gasteiger charge is 2.52. The zero-order valence-electron chi connectivity index (χ0n) is 18.3. The molecule has 4 aliphatic carbocycles. The quantitative estimate of drug-likeness (QED) is 0.576. The maximum Gasteiger partial charge on any atom is 0.325 e. The molecule has 0 aromatic carbocycles. The second kappa shape index (κ2) is 7.54. The van der Waals surface area contributed by atoms with Crippen molar-refractivity contribution < 1.29 is 19.2 Å². The van der Waals surface area contributed by atoms with Crippen LogP contribution in [0.1, 0.15) is 72.1 Å². The fourth-order valence-corrected chi connectivity index (χ4v) is 6.48. The molecule has 0 radical (unpaired) electrons. The van der Waals surface area contributed by atoms with E-state index in [-0.39, 0.29) is 5.54 Å². The first-order chi connectivity index (χ1) is 14.1. The Morgan fingerprint density at radius 1 is 1.10 bits per heavy atom. The van der Waals surface area contributed by atoms with E-state index in [9.17, 15) is 19.2 Å². The van der Waals surface area contributed by atoms with E-state index in [4.69, 9.17) is 0 Å². The minimum Gasteiger partial charge on any atom is -0.332 e. The van der Waals surface area contributed by atoms with Crippen LogP contribution in [0.25, 0.3) is 0 Å². The third-order valence-corrected chi connectivity index (χ3v) is 7.54. The zero-order valence-corrected chi connectivity index (χ0v) is 18.3. The number of nitrogens with one attached hydrogen (secondary N) is 3. The normalized spacial score (nSPS) is 36.9. The van der Waals surface area contributed by atoms with Crippen molar-refractivity contribution in [1.29, 1.82) is 0 Å². The van der Waals surface area contributed by atoms with Crippen molar-refractivity contribution >= 4 is 23.9 Å². The van der Waals surface area contributed by atoms with E-state index in [2.05, 4.69) is 29.8 Å². The summed E-state index contributed by atoms with van der Waals surface area (Å²) in [4.78, 5) is 50.9. The molecule has 6 amide bonds. The predicted octanol–water partition coefficient (Wildman–Crippen LogP) is 2.53. The fraction of sp³-hybridized carbons (Fsp3) is 0.818. The predicted molar refractivity (Wildman–Crippen MR) is 110 cm³/mol. The van der Waals surface area contributed by atoms with Crippen molar-refractivity contribution in [1.82, 2.24) is 20.9 Å². The molecule has 4 bridgehead atoms. The third kappa shape index (κ3) is 4.05. The molecule has 30 heavy (non-hydrogen) atoms. The summed E-state index contributed by atoms with van der Waals surface area (Å²) >= 11 is 0. The van der Waals surface area contributed by atoms with Gasteiger partial charge in [0, 0.05) is 5.54 Å². The second-order valence-corrected chi connectivity index (χ2v) is 10.8. The van der Waals surface area contributed by atoms with E-state index in [1.165, 1.54) is 19.3 Å². The summed E-state index contributed by atoms with van der Waals surface area (Å²) < 4.78 is 0. The van der Waals surface area contributed by atoms with Gasteiger partial charge in [-0.25, -0.2) is 9.59 Å². The number of amides is 6. The second-order valence-electron chi connectivity index (χ2n) is 10.8. The van der Waals surface area contributed by atoms with Crippen LogP contribution in [0.3, 0.4) is 0 Å². The van der Waals surface area contributed by atoms with Gasteiger partial charge in [-0.15, -0.1) is 0 Å². The topological polar surface area (TPSA) is 108 Å². The van der Waals surface area contributed by atoms with Crippen molar-refractivity contribution in [3.8, 4) is 0 Å². The number of urea groups is 2. The van der Waals surface area contributed by atoms with E-state index in [0.29, 0.717) is 30.1 Å². The molecular formula is C22H34N4O4. The highest BCUT2D eigenvalue weighted by atomic mass is 16.2. The number of hydrogen-bond acceptors (Lipinski definition) is 4. The molecule has 8 heteroatoms. The summed E-state index contributed by atoms with van der Waals surface area (Å²) in [5.41, 5.74) is -1.20. The molecule has 1 saturated heterocycles. The van der Waals surface area contributed by atoms with Crippen LogP contribution >= 0.6 is 0 Å². The number of carbonyl (C=O) groups is 4. The molecule has 1 atom stereocenters. The number of carbonyl (C=O) groups excluding carboxylic acids is 4. The van der Waals surface area contributed by atoms with Crippen LogP contribution in [0.15, 0.2) is 0 Å². The van der Waals surface area contributed by atoms with Gasteiger partial charge in [-0.1, -0.05) is 13.8 Å². The summed E-state index contributed by atoms with van der Waals surface area (Å²) in [7, 11) is 0. The highest BCUT2D eigenvalue weighted by molar-refractivity contribution is 6.09. The van der Waals surface area contributed by atoms with Crippen LogP contribution in [-0.4, -0.2) is 46.4 Å². The average Bonchev–Trinajstić information content (AvgIpc) is 2.82. The van der Waals surface area contributed by atoms with E-state index in [1.54, 1.807) is 6.92 Å². The molecule has 0 aromatic heterocycles. The van der Waals surface area contributed by atoms with E-state index in [0.717, 1.165) is 30.6 Å². The van der Waals surface area contributed by atoms with Gasteiger partial charge in [0.1, 0.15) is 12.1 Å². The van der Waals surface area contributed by atoms with E-state index < -0.39 is 36.0 Å². The monoisotopic (exact) mass is 418 g/mol. The molecule has 0 spiro atoms. The molecule has 5 aliphatic rings. The number of imide groups is 2. The molecule has 1 heterocycles. The van der Waals surface area contributed by atoms with Gasteiger partial charge < -0.3 is 10.6 Å². The standard InChI is InChI=1S/C22H34N4O4/c1-13(2)4-5-21(3)18(28)26(20(30)25-21)12-17(27)23-19(29)24-22-9-14-6-15(10-22)8-16(7-14)11-22/h13-16H,4-12H2,1-3H3,(H,25,30)(H2,23,24,27,29). The molecule has 3 N–H and O–H groups in total. The average molecular weight is 419 g/mol. The first kappa shape index (κ1) is 21.1. The summed E-state index contributed by atoms with van der Waals surface area (Å²) in [6.07, 6.45) is 8.07. The minimum atomic E-state index is -0.997. The molecule has 1 aliphatic heterocycles. The number of rotatable bonds is 6. The molecule has 166 valence electrons. The summed E-state index contributed by atoms with van der Waals surface area (Å²) in [6, 6.07) is -1.10. The number of nitrogens with zero attached hydrogens (tertiary/aromatic N) is 1. The SMILES string of the molecule is CC(C)CCC1(C)NC(=O)N(CC(=O)NC(=O)NC23CC4CC(CC(C4)C2)C3)C1=O. The molecule has 8 nitrogen and oxygen atoms in total. The van der Waals surface area contributed by atoms with E-state index in [1.807, 2.05) is 0 Å². The lowest BCUT2D eigenvalue weighted by atomic mass is 9.53. The Hall–Kier alpha value is -2.12. The summed E-state index contributed by atoms with van der Waals surface area (Å²) in [5, 5.41) is 8.12. The summed E-state index contributed by atoms with van der Waals surface area (Å²) in [6.45, 7) is 5.35. The Kier molecular flexibility index (Phi) is 5.31. The van der Waals surface area contributed by atoms with E-state index >= 15 is 0 Å². The Morgan fingerprint density at radius 3 is 2.20 bits per heavy atom. The van der Waals surface area contributed by atoms with Crippen molar-refractivity contribution in [2.75, 3.05) is 6.54 Å². The van der Waals surface area contributed by atoms with Gasteiger partial charge in [-0.05, 0) is 82.0 Å². The lowest BCUT2D eigenvalue weighted by molar-refractivity contribution is -0.134. The van der Waals surface area contributed by atoms with Crippen LogP contribution in [0, 0.1) is 23.7 Å². The maximum atomic E-state index is 12.7. The van der Waals surface area contributed by atoms with Gasteiger partial charge in [0.15, 0.2) is 0 Å². The van der Waals surface area contributed by atoms with Gasteiger partial charge in [-0.2, -0.15) is 0 Å². The van der Waals surface area contributed by atoms with Crippen molar-refractivity contribution in [3.63, 3.8) is 0 Å². The molecular weight excluding hydrogens is 384 g/mol. The smallest absolute Gasteiger partial charge is 0.325 e. The van der Waals surface area contributed by atoms with Gasteiger partial charge in [-0.3, -0.25) is 19.8 Å². The van der Waals surface area contributed by atoms with Crippen LogP contribution in [0.4, 0.5) is 9.59 Å². The largest absolute Gasteiger partial charge is 0.332 e. The lowest BCUT2D eigenvalue weighted by Gasteiger charge is -2.56. The Balaban J connectivity index is 1.31. The van der Waals surface area contributed by atoms with Crippen molar-refractivity contribution in [3.05, 3.63) is 0 Å². The van der Waals surface area contributed by atoms with Crippen LogP contribution in [0.2, 0.25) is 0 Å². The molecule has 5 fully saturated rings. The minimum absolute atomic E-state index is 0.199. The third-order valence-electron chi connectivity index (χ3n) is 7.54. The number of hydrogen-bond donors (Lipinski definition) is 3. The van der Waals surface area contributed by atoms with Gasteiger partial charge in [0.05, 0.1) is 0 Å². The first-order valence-corrected chi connectivity index (χ1v) is 11.3. The lowest BCUT2D eigenvalue weighted by Crippen LogP contribution is -2.62. The van der Waals surface area contributed by atoms with Crippen molar-refractivity contribution in [2.45, 2.75) is 83.2 Å². The van der Waals surface area contributed by atoms with Crippen LogP contribution < -0.4 is 16.0 Å². The maximum absolute atomic E-state index is 12.7. The fourth-order valence-electron chi connectivity index (χ4n) is 6.48.